The van der Waals surface area contributed by atoms with Gasteiger partial charge in [0.25, 0.3) is 0 Å². The van der Waals surface area contributed by atoms with Gasteiger partial charge in [-0.1, -0.05) is 12.8 Å². The van der Waals surface area contributed by atoms with Crippen molar-refractivity contribution in [2.45, 2.75) is 25.7 Å². The molecule has 1 amide bonds. The largest absolute Gasteiger partial charge is 0.345 e. The molecule has 0 radical (unpaired) electrons. The lowest BCUT2D eigenvalue weighted by atomic mass is 10.1. The number of fused-ring (bicyclic) bond motifs is 1. The minimum absolute atomic E-state index is 0.236. The number of piperazine rings is 1. The number of aromatic nitrogens is 2. The van der Waals surface area contributed by atoms with Crippen LogP contribution in [0.1, 0.15) is 25.7 Å². The molecule has 2 fully saturated rings. The Bertz CT molecular complexity index is 680. The van der Waals surface area contributed by atoms with Gasteiger partial charge in [0.2, 0.25) is 5.91 Å². The van der Waals surface area contributed by atoms with Gasteiger partial charge >= 0.3 is 0 Å². The lowest BCUT2D eigenvalue weighted by Crippen LogP contribution is -2.51. The molecule has 22 heavy (non-hydrogen) atoms. The number of carbonyl (C=O) groups is 1. The van der Waals surface area contributed by atoms with Crippen molar-refractivity contribution in [3.63, 3.8) is 0 Å². The second-order valence-corrected chi connectivity index (χ2v) is 7.14. The molecule has 1 saturated carbocycles. The second-order valence-electron chi connectivity index (χ2n) is 6.25. The topological polar surface area (TPSA) is 49.3 Å². The van der Waals surface area contributed by atoms with Crippen molar-refractivity contribution in [1.82, 2.24) is 14.9 Å². The van der Waals surface area contributed by atoms with Crippen LogP contribution in [0, 0.1) is 5.92 Å². The van der Waals surface area contributed by atoms with Gasteiger partial charge in [0.15, 0.2) is 0 Å². The number of rotatable bonds is 3. The Balaban J connectivity index is 1.48. The zero-order chi connectivity index (χ0) is 14.9. The van der Waals surface area contributed by atoms with Crippen LogP contribution < -0.4 is 4.90 Å². The van der Waals surface area contributed by atoms with Crippen LogP contribution >= 0.6 is 11.3 Å². The van der Waals surface area contributed by atoms with E-state index in [1.165, 1.54) is 25.7 Å². The van der Waals surface area contributed by atoms with Crippen molar-refractivity contribution in [2.75, 3.05) is 31.1 Å². The number of anilines is 1. The van der Waals surface area contributed by atoms with Crippen molar-refractivity contribution < 1.29 is 4.79 Å². The number of hydrogen-bond donors (Lipinski definition) is 0. The fourth-order valence-electron chi connectivity index (χ4n) is 3.62. The van der Waals surface area contributed by atoms with Crippen LogP contribution in [0.4, 0.5) is 5.82 Å². The van der Waals surface area contributed by atoms with Crippen LogP contribution in [0.15, 0.2) is 17.8 Å². The zero-order valence-electron chi connectivity index (χ0n) is 12.6. The Morgan fingerprint density at radius 2 is 2.09 bits per heavy atom. The van der Waals surface area contributed by atoms with Gasteiger partial charge in [0, 0.05) is 19.6 Å². The number of nitrogens with zero attached hydrogens (tertiary/aromatic N) is 4. The molecule has 0 aromatic carbocycles. The Morgan fingerprint density at radius 1 is 1.23 bits per heavy atom. The van der Waals surface area contributed by atoms with Gasteiger partial charge in [0.05, 0.1) is 11.9 Å². The highest BCUT2D eigenvalue weighted by molar-refractivity contribution is 7.16. The molecular formula is C16H20N4OS. The van der Waals surface area contributed by atoms with Crippen LogP contribution in [-0.4, -0.2) is 47.0 Å². The van der Waals surface area contributed by atoms with Gasteiger partial charge < -0.3 is 9.80 Å². The van der Waals surface area contributed by atoms with Gasteiger partial charge in [-0.3, -0.25) is 4.79 Å². The first kappa shape index (κ1) is 13.9. The average Bonchev–Trinajstić information content (AvgIpc) is 3.19. The van der Waals surface area contributed by atoms with E-state index in [0.29, 0.717) is 6.54 Å². The molecule has 2 aliphatic rings. The van der Waals surface area contributed by atoms with Crippen LogP contribution in [0.3, 0.4) is 0 Å². The van der Waals surface area contributed by atoms with E-state index in [4.69, 9.17) is 0 Å². The minimum Gasteiger partial charge on any atom is -0.345 e. The molecule has 1 saturated heterocycles. The quantitative estimate of drug-likeness (QED) is 0.873. The Morgan fingerprint density at radius 3 is 2.91 bits per heavy atom. The standard InChI is InChI=1S/C16H20N4OS/c21-14-10-20(7-6-19(14)9-12-3-1-2-4-12)15-13-5-8-22-16(13)18-11-17-15/h5,8,11-12H,1-4,6-7,9-10H2. The van der Waals surface area contributed by atoms with Crippen molar-refractivity contribution >= 4 is 33.3 Å². The molecule has 3 heterocycles. The van der Waals surface area contributed by atoms with Gasteiger partial charge in [-0.15, -0.1) is 11.3 Å². The summed E-state index contributed by atoms with van der Waals surface area (Å²) >= 11 is 1.62. The van der Waals surface area contributed by atoms with Crippen molar-refractivity contribution in [3.8, 4) is 0 Å². The maximum atomic E-state index is 12.5. The van der Waals surface area contributed by atoms with E-state index < -0.39 is 0 Å². The third-order valence-electron chi connectivity index (χ3n) is 4.81. The summed E-state index contributed by atoms with van der Waals surface area (Å²) in [6, 6.07) is 2.05. The first-order valence-corrected chi connectivity index (χ1v) is 8.90. The summed E-state index contributed by atoms with van der Waals surface area (Å²) in [6.07, 6.45) is 6.83. The SMILES string of the molecule is O=C1CN(c2ncnc3sccc23)CCN1CC1CCCC1. The van der Waals surface area contributed by atoms with Crippen LogP contribution in [0.2, 0.25) is 0 Å². The fourth-order valence-corrected chi connectivity index (χ4v) is 4.34. The highest BCUT2D eigenvalue weighted by Crippen LogP contribution is 2.29. The van der Waals surface area contributed by atoms with Crippen molar-refractivity contribution in [2.24, 2.45) is 5.92 Å². The smallest absolute Gasteiger partial charge is 0.242 e. The lowest BCUT2D eigenvalue weighted by Gasteiger charge is -2.36. The highest BCUT2D eigenvalue weighted by atomic mass is 32.1. The van der Waals surface area contributed by atoms with Crippen molar-refractivity contribution in [3.05, 3.63) is 17.8 Å². The van der Waals surface area contributed by atoms with Gasteiger partial charge in [-0.2, -0.15) is 0 Å². The summed E-state index contributed by atoms with van der Waals surface area (Å²) < 4.78 is 0. The van der Waals surface area contributed by atoms with E-state index in [2.05, 4.69) is 19.8 Å². The van der Waals surface area contributed by atoms with Crippen LogP contribution in [0.5, 0.6) is 0 Å². The fraction of sp³-hybridized carbons (Fsp3) is 0.562. The monoisotopic (exact) mass is 316 g/mol. The Labute approximate surface area is 134 Å². The van der Waals surface area contributed by atoms with Crippen molar-refractivity contribution in [1.29, 1.82) is 0 Å². The Hall–Kier alpha value is -1.69. The van der Waals surface area contributed by atoms with Gasteiger partial charge in [-0.05, 0) is 30.2 Å². The molecule has 0 N–H and O–H groups in total. The zero-order valence-corrected chi connectivity index (χ0v) is 13.4. The number of amides is 1. The molecule has 1 aliphatic heterocycles. The molecule has 0 bridgehead atoms. The third-order valence-corrected chi connectivity index (χ3v) is 5.63. The molecule has 0 spiro atoms. The molecule has 5 nitrogen and oxygen atoms in total. The summed E-state index contributed by atoms with van der Waals surface area (Å²) in [5, 5.41) is 3.09. The first-order valence-electron chi connectivity index (χ1n) is 8.02. The second kappa shape index (κ2) is 5.83. The van der Waals surface area contributed by atoms with E-state index in [0.717, 1.165) is 41.6 Å². The summed E-state index contributed by atoms with van der Waals surface area (Å²) in [7, 11) is 0. The number of carbonyl (C=O) groups excluding carboxylic acids is 1. The summed E-state index contributed by atoms with van der Waals surface area (Å²) in [5.41, 5.74) is 0. The predicted molar refractivity (Wildman–Crippen MR) is 88.2 cm³/mol. The molecule has 4 rings (SSSR count). The van der Waals surface area contributed by atoms with E-state index in [-0.39, 0.29) is 5.91 Å². The first-order chi connectivity index (χ1) is 10.8. The summed E-state index contributed by atoms with van der Waals surface area (Å²) in [5.74, 6) is 1.86. The average molecular weight is 316 g/mol. The van der Waals surface area contributed by atoms with Gasteiger partial charge in [-0.25, -0.2) is 9.97 Å². The molecule has 6 heteroatoms. The van der Waals surface area contributed by atoms with Crippen LogP contribution in [0.25, 0.3) is 10.2 Å². The normalized spacial score (nSPS) is 20.3. The highest BCUT2D eigenvalue weighted by Gasteiger charge is 2.28. The van der Waals surface area contributed by atoms with E-state index in [9.17, 15) is 4.79 Å². The molecule has 0 atom stereocenters. The van der Waals surface area contributed by atoms with Gasteiger partial charge in [0.1, 0.15) is 17.0 Å². The molecule has 116 valence electrons. The minimum atomic E-state index is 0.236. The molecule has 0 unspecified atom stereocenters. The molecule has 2 aromatic rings. The van der Waals surface area contributed by atoms with E-state index in [1.54, 1.807) is 17.7 Å². The molecule has 1 aliphatic carbocycles. The van der Waals surface area contributed by atoms with E-state index >= 15 is 0 Å². The third kappa shape index (κ3) is 2.56. The maximum Gasteiger partial charge on any atom is 0.242 e. The summed E-state index contributed by atoms with van der Waals surface area (Å²) in [6.45, 7) is 3.06. The Kier molecular flexibility index (Phi) is 3.70. The maximum absolute atomic E-state index is 12.5. The number of thiophene rings is 1. The molecular weight excluding hydrogens is 296 g/mol. The number of hydrogen-bond acceptors (Lipinski definition) is 5. The predicted octanol–water partition coefficient (Wildman–Crippen LogP) is 2.53. The molecule has 2 aromatic heterocycles. The summed E-state index contributed by atoms with van der Waals surface area (Å²) in [4.78, 5) is 26.3. The lowest BCUT2D eigenvalue weighted by molar-refractivity contribution is -0.131. The van der Waals surface area contributed by atoms with E-state index in [1.807, 2.05) is 11.4 Å². The van der Waals surface area contributed by atoms with Crippen LogP contribution in [-0.2, 0) is 4.79 Å².